The third-order valence-electron chi connectivity index (χ3n) is 3.34. The molecule has 0 amide bonds. The van der Waals surface area contributed by atoms with Gasteiger partial charge in [-0.3, -0.25) is 4.90 Å². The number of rotatable bonds is 0. The van der Waals surface area contributed by atoms with Gasteiger partial charge in [0.15, 0.2) is 0 Å². The van der Waals surface area contributed by atoms with Crippen molar-refractivity contribution in [3.63, 3.8) is 0 Å². The maximum absolute atomic E-state index is 2.48. The summed E-state index contributed by atoms with van der Waals surface area (Å²) in [7, 11) is 2.24. The van der Waals surface area contributed by atoms with E-state index in [1.54, 1.807) is 11.1 Å². The lowest BCUT2D eigenvalue weighted by atomic mass is 10.00. The van der Waals surface area contributed by atoms with E-state index in [1.165, 1.54) is 13.0 Å². The van der Waals surface area contributed by atoms with E-state index < -0.39 is 0 Å². The topological polar surface area (TPSA) is 3.24 Å². The van der Waals surface area contributed by atoms with Crippen LogP contribution in [-0.4, -0.2) is 18.5 Å². The molecule has 0 radical (unpaired) electrons. The molecule has 1 heterocycles. The lowest BCUT2D eigenvalue weighted by molar-refractivity contribution is 0.307. The van der Waals surface area contributed by atoms with E-state index in [0.717, 1.165) is 12.0 Å². The molecule has 3 rings (SSSR count). The van der Waals surface area contributed by atoms with Crippen LogP contribution < -0.4 is 0 Å². The lowest BCUT2D eigenvalue weighted by Crippen LogP contribution is -2.22. The SMILES string of the molecule is CC.CN1CC2CC1c1ccccc12. The zero-order valence-electron chi connectivity index (χ0n) is 9.33. The van der Waals surface area contributed by atoms with Crippen molar-refractivity contribution in [2.75, 3.05) is 13.6 Å². The summed E-state index contributed by atoms with van der Waals surface area (Å²) in [5.41, 5.74) is 3.19. The van der Waals surface area contributed by atoms with Gasteiger partial charge in [0.25, 0.3) is 0 Å². The van der Waals surface area contributed by atoms with E-state index in [0.29, 0.717) is 0 Å². The van der Waals surface area contributed by atoms with Crippen molar-refractivity contribution in [3.8, 4) is 0 Å². The van der Waals surface area contributed by atoms with Crippen LogP contribution in [0.25, 0.3) is 0 Å². The van der Waals surface area contributed by atoms with Crippen molar-refractivity contribution in [1.82, 2.24) is 4.90 Å². The Kier molecular flexibility index (Phi) is 2.60. The minimum Gasteiger partial charge on any atom is -0.299 e. The summed E-state index contributed by atoms with van der Waals surface area (Å²) in [5.74, 6) is 0.830. The first-order valence-electron chi connectivity index (χ1n) is 5.65. The predicted octanol–water partition coefficient (Wildman–Crippen LogP) is 3.19. The second-order valence-corrected chi connectivity index (χ2v) is 4.02. The normalized spacial score (nSPS) is 28.2. The summed E-state index contributed by atoms with van der Waals surface area (Å²) in [6.45, 7) is 5.27. The minimum atomic E-state index is 0.728. The predicted molar refractivity (Wildman–Crippen MR) is 60.5 cm³/mol. The van der Waals surface area contributed by atoms with Gasteiger partial charge in [-0.05, 0) is 30.5 Å². The van der Waals surface area contributed by atoms with Gasteiger partial charge in [0.1, 0.15) is 0 Å². The number of benzene rings is 1. The van der Waals surface area contributed by atoms with Crippen molar-refractivity contribution in [1.29, 1.82) is 0 Å². The second-order valence-electron chi connectivity index (χ2n) is 4.02. The molecular formula is C13H19N. The van der Waals surface area contributed by atoms with E-state index in [2.05, 4.69) is 36.2 Å². The Labute approximate surface area is 86.7 Å². The number of likely N-dealkylation sites (N-methyl/N-ethyl adjacent to an activating group) is 1. The highest BCUT2D eigenvalue weighted by atomic mass is 15.2. The third-order valence-corrected chi connectivity index (χ3v) is 3.34. The lowest BCUT2D eigenvalue weighted by Gasteiger charge is -2.24. The summed E-state index contributed by atoms with van der Waals surface area (Å²) in [5, 5.41) is 0. The van der Waals surface area contributed by atoms with Crippen molar-refractivity contribution >= 4 is 0 Å². The van der Waals surface area contributed by atoms with Crippen LogP contribution in [0.3, 0.4) is 0 Å². The van der Waals surface area contributed by atoms with Crippen molar-refractivity contribution < 1.29 is 0 Å². The van der Waals surface area contributed by atoms with Gasteiger partial charge in [-0.25, -0.2) is 0 Å². The molecule has 1 aromatic carbocycles. The van der Waals surface area contributed by atoms with Gasteiger partial charge in [0, 0.05) is 12.6 Å². The Morgan fingerprint density at radius 3 is 2.50 bits per heavy atom. The highest BCUT2D eigenvalue weighted by Crippen LogP contribution is 2.48. The standard InChI is InChI=1S/C11H13N.C2H6/c1-12-7-8-6-11(12)10-5-3-2-4-9(8)10;1-2/h2-5,8,11H,6-7H2,1H3;1-2H3. The Hall–Kier alpha value is -0.820. The highest BCUT2D eigenvalue weighted by molar-refractivity contribution is 5.40. The molecular weight excluding hydrogens is 170 g/mol. The molecule has 1 aliphatic carbocycles. The third kappa shape index (κ3) is 1.27. The van der Waals surface area contributed by atoms with Gasteiger partial charge < -0.3 is 0 Å². The molecule has 1 aliphatic heterocycles. The molecule has 2 unspecified atom stereocenters. The quantitative estimate of drug-likeness (QED) is 0.606. The van der Waals surface area contributed by atoms with Crippen molar-refractivity contribution in [2.24, 2.45) is 0 Å². The first-order valence-corrected chi connectivity index (χ1v) is 5.65. The highest BCUT2D eigenvalue weighted by Gasteiger charge is 2.39. The van der Waals surface area contributed by atoms with Crippen LogP contribution in [0.4, 0.5) is 0 Å². The van der Waals surface area contributed by atoms with Crippen LogP contribution in [-0.2, 0) is 0 Å². The fourth-order valence-electron chi connectivity index (χ4n) is 2.77. The molecule has 1 aromatic rings. The monoisotopic (exact) mass is 189 g/mol. The van der Waals surface area contributed by atoms with Gasteiger partial charge in [-0.1, -0.05) is 38.1 Å². The molecule has 76 valence electrons. The fraction of sp³-hybridized carbons (Fsp3) is 0.538. The Balaban J connectivity index is 0.000000354. The summed E-state index contributed by atoms with van der Waals surface area (Å²) in [6.07, 6.45) is 1.36. The molecule has 0 N–H and O–H groups in total. The molecule has 0 saturated carbocycles. The smallest absolute Gasteiger partial charge is 0.0354 e. The summed E-state index contributed by atoms with van der Waals surface area (Å²) in [4.78, 5) is 2.48. The van der Waals surface area contributed by atoms with Gasteiger partial charge in [0.05, 0.1) is 0 Å². The summed E-state index contributed by atoms with van der Waals surface area (Å²) < 4.78 is 0. The number of fused-ring (bicyclic) bond motifs is 5. The first-order chi connectivity index (χ1) is 6.86. The van der Waals surface area contributed by atoms with Crippen LogP contribution in [0.1, 0.15) is 43.4 Å². The molecule has 0 spiro atoms. The molecule has 2 bridgehead atoms. The van der Waals surface area contributed by atoms with Crippen LogP contribution in [0, 0.1) is 0 Å². The van der Waals surface area contributed by atoms with Crippen LogP contribution >= 0.6 is 0 Å². The number of hydrogen-bond donors (Lipinski definition) is 0. The first kappa shape index (κ1) is 9.72. The molecule has 1 fully saturated rings. The Bertz CT molecular complexity index is 319. The zero-order valence-corrected chi connectivity index (χ0v) is 9.33. The van der Waals surface area contributed by atoms with Crippen molar-refractivity contribution in [2.45, 2.75) is 32.2 Å². The number of likely N-dealkylation sites (tertiary alicyclic amines) is 1. The molecule has 2 atom stereocenters. The maximum atomic E-state index is 2.48. The summed E-state index contributed by atoms with van der Waals surface area (Å²) in [6, 6.07) is 9.64. The zero-order chi connectivity index (χ0) is 10.1. The van der Waals surface area contributed by atoms with Crippen LogP contribution in [0.15, 0.2) is 24.3 Å². The number of nitrogens with zero attached hydrogens (tertiary/aromatic N) is 1. The van der Waals surface area contributed by atoms with E-state index in [4.69, 9.17) is 0 Å². The Morgan fingerprint density at radius 2 is 1.79 bits per heavy atom. The van der Waals surface area contributed by atoms with Crippen LogP contribution in [0.5, 0.6) is 0 Å². The minimum absolute atomic E-state index is 0.728. The van der Waals surface area contributed by atoms with Gasteiger partial charge >= 0.3 is 0 Å². The second kappa shape index (κ2) is 3.74. The fourth-order valence-corrected chi connectivity index (χ4v) is 2.77. The summed E-state index contributed by atoms with van der Waals surface area (Å²) >= 11 is 0. The molecule has 14 heavy (non-hydrogen) atoms. The molecule has 1 saturated heterocycles. The van der Waals surface area contributed by atoms with E-state index in [9.17, 15) is 0 Å². The molecule has 2 aliphatic rings. The van der Waals surface area contributed by atoms with Gasteiger partial charge in [0.2, 0.25) is 0 Å². The van der Waals surface area contributed by atoms with Gasteiger partial charge in [-0.2, -0.15) is 0 Å². The average Bonchev–Trinajstić information content (AvgIpc) is 2.79. The van der Waals surface area contributed by atoms with E-state index in [-0.39, 0.29) is 0 Å². The van der Waals surface area contributed by atoms with Crippen molar-refractivity contribution in [3.05, 3.63) is 35.4 Å². The molecule has 0 aromatic heterocycles. The maximum Gasteiger partial charge on any atom is 0.0354 e. The van der Waals surface area contributed by atoms with E-state index in [1.807, 2.05) is 13.8 Å². The molecule has 1 nitrogen and oxygen atoms in total. The van der Waals surface area contributed by atoms with Crippen LogP contribution in [0.2, 0.25) is 0 Å². The molecule has 1 heteroatoms. The largest absolute Gasteiger partial charge is 0.299 e. The van der Waals surface area contributed by atoms with E-state index >= 15 is 0 Å². The Morgan fingerprint density at radius 1 is 1.14 bits per heavy atom. The average molecular weight is 189 g/mol. The van der Waals surface area contributed by atoms with Gasteiger partial charge in [-0.15, -0.1) is 0 Å². The number of hydrogen-bond acceptors (Lipinski definition) is 1.